The highest BCUT2D eigenvalue weighted by Crippen LogP contribution is 2.30. The molecule has 0 atom stereocenters. The van der Waals surface area contributed by atoms with Gasteiger partial charge in [0.1, 0.15) is 5.75 Å². The van der Waals surface area contributed by atoms with Crippen molar-refractivity contribution in [3.05, 3.63) is 62.0 Å². The van der Waals surface area contributed by atoms with Crippen molar-refractivity contribution in [2.24, 2.45) is 11.0 Å². The molecule has 1 amide bonds. The van der Waals surface area contributed by atoms with E-state index in [0.29, 0.717) is 10.6 Å². The van der Waals surface area contributed by atoms with E-state index in [4.69, 9.17) is 23.2 Å². The van der Waals surface area contributed by atoms with Crippen LogP contribution in [0.3, 0.4) is 0 Å². The molecule has 1 fully saturated rings. The minimum Gasteiger partial charge on any atom is -0.506 e. The number of hydrogen-bond acceptors (Lipinski definition) is 4. The standard InChI is InChI=1S/C20H20BrCl2N3O2/c21-16-3-1-13(2-4-16)12-26-7-5-14(6-8-26)20(28)25-24-11-15-9-17(22)10-18(23)19(15)27/h1-4,9-11,14,27H,5-8,12H2,(H,25,28)/b24-11-. The van der Waals surface area contributed by atoms with Crippen LogP contribution in [0.2, 0.25) is 10.0 Å². The zero-order valence-corrected chi connectivity index (χ0v) is 18.1. The number of hydrogen-bond donors (Lipinski definition) is 2. The van der Waals surface area contributed by atoms with E-state index in [1.807, 2.05) is 12.1 Å². The Labute approximate surface area is 182 Å². The van der Waals surface area contributed by atoms with Gasteiger partial charge < -0.3 is 5.11 Å². The number of amides is 1. The second-order valence-corrected chi connectivity index (χ2v) is 8.50. The lowest BCUT2D eigenvalue weighted by Crippen LogP contribution is -2.39. The predicted molar refractivity (Wildman–Crippen MR) is 116 cm³/mol. The van der Waals surface area contributed by atoms with E-state index in [1.165, 1.54) is 23.9 Å². The minimum atomic E-state index is -0.120. The number of likely N-dealkylation sites (tertiary alicyclic amines) is 1. The van der Waals surface area contributed by atoms with Gasteiger partial charge in [-0.25, -0.2) is 5.43 Å². The van der Waals surface area contributed by atoms with Crippen LogP contribution in [0.5, 0.6) is 5.75 Å². The fourth-order valence-electron chi connectivity index (χ4n) is 3.14. The van der Waals surface area contributed by atoms with Crippen LogP contribution in [0, 0.1) is 5.92 Å². The van der Waals surface area contributed by atoms with Crippen molar-refractivity contribution < 1.29 is 9.90 Å². The number of carbonyl (C=O) groups excluding carboxylic acids is 1. The number of aromatic hydroxyl groups is 1. The van der Waals surface area contributed by atoms with Gasteiger partial charge in [0, 0.05) is 27.5 Å². The average Bonchev–Trinajstić information content (AvgIpc) is 2.68. The third kappa shape index (κ3) is 5.70. The highest BCUT2D eigenvalue weighted by atomic mass is 79.9. The Balaban J connectivity index is 1.48. The first-order valence-electron chi connectivity index (χ1n) is 8.90. The Kier molecular flexibility index (Phi) is 7.35. The highest BCUT2D eigenvalue weighted by molar-refractivity contribution is 9.10. The monoisotopic (exact) mass is 483 g/mol. The summed E-state index contributed by atoms with van der Waals surface area (Å²) in [5.74, 6) is -0.313. The Morgan fingerprint density at radius 2 is 1.93 bits per heavy atom. The summed E-state index contributed by atoms with van der Waals surface area (Å²) in [5, 5.41) is 14.4. The van der Waals surface area contributed by atoms with Crippen LogP contribution in [-0.2, 0) is 11.3 Å². The van der Waals surface area contributed by atoms with Gasteiger partial charge in [-0.15, -0.1) is 0 Å². The van der Waals surface area contributed by atoms with Crippen molar-refractivity contribution in [3.63, 3.8) is 0 Å². The number of hydrazone groups is 1. The number of halogens is 3. The van der Waals surface area contributed by atoms with Crippen LogP contribution in [0.15, 0.2) is 46.0 Å². The van der Waals surface area contributed by atoms with Crippen molar-refractivity contribution >= 4 is 51.3 Å². The summed E-state index contributed by atoms with van der Waals surface area (Å²) >= 11 is 15.2. The first-order chi connectivity index (χ1) is 13.4. The maximum Gasteiger partial charge on any atom is 0.243 e. The third-order valence-electron chi connectivity index (χ3n) is 4.71. The lowest BCUT2D eigenvalue weighted by atomic mass is 9.96. The number of phenolic OH excluding ortho intramolecular Hbond substituents is 1. The summed E-state index contributed by atoms with van der Waals surface area (Å²) in [5.41, 5.74) is 4.16. The maximum atomic E-state index is 12.3. The molecule has 0 radical (unpaired) electrons. The third-order valence-corrected chi connectivity index (χ3v) is 5.75. The molecule has 1 aliphatic rings. The van der Waals surface area contributed by atoms with Gasteiger partial charge in [-0.3, -0.25) is 9.69 Å². The molecule has 28 heavy (non-hydrogen) atoms. The number of carbonyl (C=O) groups is 1. The second kappa shape index (κ2) is 9.74. The Bertz CT molecular complexity index is 866. The van der Waals surface area contributed by atoms with E-state index < -0.39 is 0 Å². The average molecular weight is 485 g/mol. The van der Waals surface area contributed by atoms with Gasteiger partial charge in [-0.05, 0) is 55.8 Å². The molecule has 0 unspecified atom stereocenters. The molecule has 2 aromatic carbocycles. The van der Waals surface area contributed by atoms with Crippen molar-refractivity contribution in [3.8, 4) is 5.75 Å². The Hall–Kier alpha value is -1.60. The van der Waals surface area contributed by atoms with Gasteiger partial charge in [-0.1, -0.05) is 51.3 Å². The van der Waals surface area contributed by atoms with E-state index in [0.717, 1.165) is 36.9 Å². The van der Waals surface area contributed by atoms with E-state index in [1.54, 1.807) is 0 Å². The topological polar surface area (TPSA) is 64.9 Å². The maximum absolute atomic E-state index is 12.3. The summed E-state index contributed by atoms with van der Waals surface area (Å²) in [4.78, 5) is 14.7. The smallest absolute Gasteiger partial charge is 0.243 e. The molecule has 0 saturated carbocycles. The Morgan fingerprint density at radius 3 is 2.61 bits per heavy atom. The number of benzene rings is 2. The summed E-state index contributed by atoms with van der Waals surface area (Å²) in [7, 11) is 0. The number of nitrogens with one attached hydrogen (secondary N) is 1. The van der Waals surface area contributed by atoms with Crippen LogP contribution in [0.25, 0.3) is 0 Å². The molecule has 1 saturated heterocycles. The summed E-state index contributed by atoms with van der Waals surface area (Å²) < 4.78 is 1.07. The molecule has 0 aromatic heterocycles. The van der Waals surface area contributed by atoms with E-state index in [2.05, 4.69) is 43.5 Å². The minimum absolute atomic E-state index is 0.0742. The molecule has 0 aliphatic carbocycles. The van der Waals surface area contributed by atoms with Gasteiger partial charge in [0.2, 0.25) is 5.91 Å². The van der Waals surface area contributed by atoms with Crippen LogP contribution < -0.4 is 5.43 Å². The molecule has 1 heterocycles. The van der Waals surface area contributed by atoms with Gasteiger partial charge in [0.05, 0.1) is 11.2 Å². The van der Waals surface area contributed by atoms with Crippen molar-refractivity contribution in [2.75, 3.05) is 13.1 Å². The largest absolute Gasteiger partial charge is 0.506 e. The molecule has 5 nitrogen and oxygen atoms in total. The second-order valence-electron chi connectivity index (χ2n) is 6.74. The van der Waals surface area contributed by atoms with E-state index in [-0.39, 0.29) is 22.6 Å². The lowest BCUT2D eigenvalue weighted by molar-refractivity contribution is -0.126. The summed E-state index contributed by atoms with van der Waals surface area (Å²) in [6, 6.07) is 11.3. The summed E-state index contributed by atoms with van der Waals surface area (Å²) in [6.07, 6.45) is 2.91. The molecule has 0 bridgehead atoms. The molecule has 2 N–H and O–H groups in total. The SMILES string of the molecule is O=C(N/N=C\c1cc(Cl)cc(Cl)c1O)C1CCN(Cc2ccc(Br)cc2)CC1. The Morgan fingerprint density at radius 1 is 1.25 bits per heavy atom. The van der Waals surface area contributed by atoms with Crippen LogP contribution in [-0.4, -0.2) is 35.2 Å². The fourth-order valence-corrected chi connectivity index (χ4v) is 3.92. The lowest BCUT2D eigenvalue weighted by Gasteiger charge is -2.30. The van der Waals surface area contributed by atoms with Crippen LogP contribution in [0.4, 0.5) is 0 Å². The highest BCUT2D eigenvalue weighted by Gasteiger charge is 2.24. The molecule has 1 aliphatic heterocycles. The number of piperidine rings is 1. The molecule has 148 valence electrons. The van der Waals surface area contributed by atoms with E-state index >= 15 is 0 Å². The quantitative estimate of drug-likeness (QED) is 0.472. The van der Waals surface area contributed by atoms with Crippen molar-refractivity contribution in [1.29, 1.82) is 0 Å². The number of rotatable bonds is 5. The van der Waals surface area contributed by atoms with Crippen LogP contribution >= 0.6 is 39.1 Å². The van der Waals surface area contributed by atoms with Gasteiger partial charge in [-0.2, -0.15) is 5.10 Å². The van der Waals surface area contributed by atoms with Gasteiger partial charge in [0.15, 0.2) is 0 Å². The van der Waals surface area contributed by atoms with Gasteiger partial charge >= 0.3 is 0 Å². The van der Waals surface area contributed by atoms with Crippen molar-refractivity contribution in [1.82, 2.24) is 10.3 Å². The number of nitrogens with zero attached hydrogens (tertiary/aromatic N) is 2. The molecular formula is C20H20BrCl2N3O2. The zero-order chi connectivity index (χ0) is 20.1. The molecule has 8 heteroatoms. The molecular weight excluding hydrogens is 465 g/mol. The predicted octanol–water partition coefficient (Wildman–Crippen LogP) is 4.82. The molecule has 2 aromatic rings. The van der Waals surface area contributed by atoms with Crippen LogP contribution in [0.1, 0.15) is 24.0 Å². The first-order valence-corrected chi connectivity index (χ1v) is 10.4. The molecule has 3 rings (SSSR count). The molecule has 0 spiro atoms. The van der Waals surface area contributed by atoms with Crippen molar-refractivity contribution in [2.45, 2.75) is 19.4 Å². The van der Waals surface area contributed by atoms with Gasteiger partial charge in [0.25, 0.3) is 0 Å². The normalized spacial score (nSPS) is 15.8. The zero-order valence-electron chi connectivity index (χ0n) is 15.0. The van der Waals surface area contributed by atoms with E-state index in [9.17, 15) is 9.90 Å². The summed E-state index contributed by atoms with van der Waals surface area (Å²) in [6.45, 7) is 2.61. The first kappa shape index (κ1) is 21.1. The fraction of sp³-hybridized carbons (Fsp3) is 0.300. The number of phenols is 1.